The Morgan fingerprint density at radius 2 is 1.88 bits per heavy atom. The maximum Gasteiger partial charge on any atom is 0.225 e. The summed E-state index contributed by atoms with van der Waals surface area (Å²) in [4.78, 5) is 13.0. The first kappa shape index (κ1) is 15.4. The van der Waals surface area contributed by atoms with E-state index in [4.69, 9.17) is 0 Å². The second kappa shape index (κ2) is 6.43. The quantitative estimate of drug-likeness (QED) is 0.732. The van der Waals surface area contributed by atoms with Gasteiger partial charge in [0.1, 0.15) is 5.82 Å². The van der Waals surface area contributed by atoms with Crippen LogP contribution in [0.4, 0.5) is 26.2 Å². The molecular formula is C18H15F2N5. The van der Waals surface area contributed by atoms with E-state index in [0.717, 1.165) is 30.5 Å². The standard InChI is InChI=1S/C18H15F2N5/c19-14-6-5-13(8-15(14)20)22-17-9-16(11-2-1-7-21-10-11)24-18(25-17)23-12-3-4-12/h1-2,5-10,12H,3-4H2,(H2,22,23,24,25). The van der Waals surface area contributed by atoms with E-state index in [1.807, 2.05) is 12.1 Å². The molecule has 126 valence electrons. The lowest BCUT2D eigenvalue weighted by Gasteiger charge is -2.11. The van der Waals surface area contributed by atoms with Crippen LogP contribution >= 0.6 is 0 Å². The van der Waals surface area contributed by atoms with Crippen molar-refractivity contribution < 1.29 is 8.78 Å². The largest absolute Gasteiger partial charge is 0.351 e. The average Bonchev–Trinajstić information content (AvgIpc) is 3.43. The number of halogens is 2. The van der Waals surface area contributed by atoms with Gasteiger partial charge in [-0.3, -0.25) is 4.98 Å². The maximum absolute atomic E-state index is 13.4. The second-order valence-electron chi connectivity index (χ2n) is 5.88. The number of nitrogens with one attached hydrogen (secondary N) is 2. The molecule has 1 aromatic carbocycles. The first-order valence-electron chi connectivity index (χ1n) is 7.95. The Kier molecular flexibility index (Phi) is 3.97. The van der Waals surface area contributed by atoms with Gasteiger partial charge < -0.3 is 10.6 Å². The summed E-state index contributed by atoms with van der Waals surface area (Å²) in [6.45, 7) is 0. The Morgan fingerprint density at radius 3 is 2.60 bits per heavy atom. The number of rotatable bonds is 5. The summed E-state index contributed by atoms with van der Waals surface area (Å²) in [5.41, 5.74) is 1.94. The normalized spacial score (nSPS) is 13.5. The summed E-state index contributed by atoms with van der Waals surface area (Å²) in [5.74, 6) is -0.819. The molecule has 2 N–H and O–H groups in total. The van der Waals surface area contributed by atoms with Crippen LogP contribution in [0.1, 0.15) is 12.8 Å². The zero-order valence-electron chi connectivity index (χ0n) is 13.2. The van der Waals surface area contributed by atoms with Crippen molar-refractivity contribution >= 4 is 17.5 Å². The summed E-state index contributed by atoms with van der Waals surface area (Å²) in [5, 5.41) is 6.25. The van der Waals surface area contributed by atoms with Gasteiger partial charge in [0.25, 0.3) is 0 Å². The van der Waals surface area contributed by atoms with Crippen LogP contribution < -0.4 is 10.6 Å². The molecule has 3 aromatic rings. The highest BCUT2D eigenvalue weighted by atomic mass is 19.2. The van der Waals surface area contributed by atoms with Gasteiger partial charge in [-0.15, -0.1) is 0 Å². The molecule has 0 spiro atoms. The van der Waals surface area contributed by atoms with Crippen LogP contribution in [0.5, 0.6) is 0 Å². The van der Waals surface area contributed by atoms with Crippen LogP contribution in [0.3, 0.4) is 0 Å². The Labute approximate surface area is 143 Å². The van der Waals surface area contributed by atoms with Gasteiger partial charge >= 0.3 is 0 Å². The number of benzene rings is 1. The first-order valence-corrected chi connectivity index (χ1v) is 7.95. The van der Waals surface area contributed by atoms with Crippen molar-refractivity contribution in [3.63, 3.8) is 0 Å². The summed E-state index contributed by atoms with van der Waals surface area (Å²) in [7, 11) is 0. The topological polar surface area (TPSA) is 62.7 Å². The zero-order valence-corrected chi connectivity index (χ0v) is 13.2. The lowest BCUT2D eigenvalue weighted by molar-refractivity contribution is 0.509. The van der Waals surface area contributed by atoms with E-state index in [9.17, 15) is 8.78 Å². The highest BCUT2D eigenvalue weighted by Crippen LogP contribution is 2.27. The van der Waals surface area contributed by atoms with E-state index in [0.29, 0.717) is 29.2 Å². The van der Waals surface area contributed by atoms with Gasteiger partial charge in [-0.25, -0.2) is 13.8 Å². The van der Waals surface area contributed by atoms with Gasteiger partial charge in [-0.2, -0.15) is 4.98 Å². The lowest BCUT2D eigenvalue weighted by atomic mass is 10.2. The summed E-state index contributed by atoms with van der Waals surface area (Å²) < 4.78 is 26.5. The third-order valence-corrected chi connectivity index (χ3v) is 3.79. The van der Waals surface area contributed by atoms with Crippen molar-refractivity contribution in [1.82, 2.24) is 15.0 Å². The Balaban J connectivity index is 1.68. The Bertz CT molecular complexity index is 897. The number of hydrogen-bond donors (Lipinski definition) is 2. The van der Waals surface area contributed by atoms with Gasteiger partial charge in [0.05, 0.1) is 5.69 Å². The average molecular weight is 339 g/mol. The molecule has 0 atom stereocenters. The maximum atomic E-state index is 13.4. The van der Waals surface area contributed by atoms with Crippen molar-refractivity contribution in [2.24, 2.45) is 0 Å². The third kappa shape index (κ3) is 3.71. The van der Waals surface area contributed by atoms with Crippen molar-refractivity contribution in [2.45, 2.75) is 18.9 Å². The molecule has 5 nitrogen and oxygen atoms in total. The van der Waals surface area contributed by atoms with E-state index in [-0.39, 0.29) is 0 Å². The number of pyridine rings is 1. The molecule has 1 aliphatic carbocycles. The molecule has 0 amide bonds. The van der Waals surface area contributed by atoms with Gasteiger partial charge in [0, 0.05) is 41.8 Å². The minimum atomic E-state index is -0.914. The highest BCUT2D eigenvalue weighted by molar-refractivity contribution is 5.67. The zero-order chi connectivity index (χ0) is 17.2. The van der Waals surface area contributed by atoms with Crippen LogP contribution in [0.2, 0.25) is 0 Å². The fourth-order valence-corrected chi connectivity index (χ4v) is 2.37. The Hall–Kier alpha value is -3.09. The molecule has 0 radical (unpaired) electrons. The van der Waals surface area contributed by atoms with Gasteiger partial charge in [0.2, 0.25) is 5.95 Å². The fraction of sp³-hybridized carbons (Fsp3) is 0.167. The number of hydrogen-bond acceptors (Lipinski definition) is 5. The summed E-state index contributed by atoms with van der Waals surface area (Å²) in [6.07, 6.45) is 5.58. The molecule has 2 heterocycles. The molecule has 7 heteroatoms. The van der Waals surface area contributed by atoms with Gasteiger partial charge in [-0.1, -0.05) is 0 Å². The van der Waals surface area contributed by atoms with Crippen molar-refractivity contribution in [3.05, 3.63) is 60.4 Å². The second-order valence-corrected chi connectivity index (χ2v) is 5.88. The molecule has 0 saturated heterocycles. The number of aromatic nitrogens is 3. The predicted octanol–water partition coefficient (Wildman–Crippen LogP) is 4.13. The minimum absolute atomic E-state index is 0.389. The molecule has 4 rings (SSSR count). The van der Waals surface area contributed by atoms with Crippen molar-refractivity contribution in [2.75, 3.05) is 10.6 Å². The highest BCUT2D eigenvalue weighted by Gasteiger charge is 2.22. The summed E-state index contributed by atoms with van der Waals surface area (Å²) >= 11 is 0. The molecule has 1 saturated carbocycles. The number of anilines is 3. The van der Waals surface area contributed by atoms with E-state index in [1.165, 1.54) is 6.07 Å². The molecule has 0 bridgehead atoms. The van der Waals surface area contributed by atoms with E-state index < -0.39 is 11.6 Å². The SMILES string of the molecule is Fc1ccc(Nc2cc(-c3cccnc3)nc(NC3CC3)n2)cc1F. The van der Waals surface area contributed by atoms with Crippen LogP contribution in [0.25, 0.3) is 11.3 Å². The van der Waals surface area contributed by atoms with Crippen LogP contribution in [0.15, 0.2) is 48.8 Å². The van der Waals surface area contributed by atoms with Crippen molar-refractivity contribution in [1.29, 1.82) is 0 Å². The molecule has 2 aromatic heterocycles. The van der Waals surface area contributed by atoms with Crippen LogP contribution in [-0.2, 0) is 0 Å². The lowest BCUT2D eigenvalue weighted by Crippen LogP contribution is -2.08. The molecular weight excluding hydrogens is 324 g/mol. The smallest absolute Gasteiger partial charge is 0.225 e. The Morgan fingerprint density at radius 1 is 1.00 bits per heavy atom. The van der Waals surface area contributed by atoms with E-state index >= 15 is 0 Å². The van der Waals surface area contributed by atoms with Crippen LogP contribution in [0, 0.1) is 11.6 Å². The van der Waals surface area contributed by atoms with E-state index in [1.54, 1.807) is 18.5 Å². The molecule has 0 aliphatic heterocycles. The first-order chi connectivity index (χ1) is 12.2. The van der Waals surface area contributed by atoms with Crippen molar-refractivity contribution in [3.8, 4) is 11.3 Å². The van der Waals surface area contributed by atoms with Gasteiger partial charge in [0.15, 0.2) is 11.6 Å². The van der Waals surface area contributed by atoms with Crippen LogP contribution in [-0.4, -0.2) is 21.0 Å². The summed E-state index contributed by atoms with van der Waals surface area (Å²) in [6, 6.07) is 9.49. The third-order valence-electron chi connectivity index (χ3n) is 3.79. The predicted molar refractivity (Wildman–Crippen MR) is 91.5 cm³/mol. The molecule has 1 fully saturated rings. The number of nitrogens with zero attached hydrogens (tertiary/aromatic N) is 3. The molecule has 0 unspecified atom stereocenters. The van der Waals surface area contributed by atoms with E-state index in [2.05, 4.69) is 25.6 Å². The fourth-order valence-electron chi connectivity index (χ4n) is 2.37. The minimum Gasteiger partial charge on any atom is -0.351 e. The monoisotopic (exact) mass is 339 g/mol. The molecule has 1 aliphatic rings. The van der Waals surface area contributed by atoms with Gasteiger partial charge in [-0.05, 0) is 37.1 Å². The molecule has 25 heavy (non-hydrogen) atoms.